The molecule has 0 spiro atoms. The molecule has 3 rings (SSSR count). The van der Waals surface area contributed by atoms with Gasteiger partial charge in [-0.25, -0.2) is 4.98 Å². The summed E-state index contributed by atoms with van der Waals surface area (Å²) in [5, 5.41) is 19.0. The lowest BCUT2D eigenvalue weighted by Gasteiger charge is -2.35. The Kier molecular flexibility index (Phi) is 5.50. The van der Waals surface area contributed by atoms with Crippen molar-refractivity contribution in [2.75, 3.05) is 49.2 Å². The summed E-state index contributed by atoms with van der Waals surface area (Å²) in [5.74, 6) is -1.15. The van der Waals surface area contributed by atoms with Gasteiger partial charge in [0.05, 0.1) is 24.5 Å². The number of ether oxygens (including phenoxy) is 1. The number of anilines is 2. The Morgan fingerprint density at radius 3 is 2.52 bits per heavy atom. The van der Waals surface area contributed by atoms with Crippen molar-refractivity contribution in [3.8, 4) is 0 Å². The summed E-state index contributed by atoms with van der Waals surface area (Å²) >= 11 is 0. The summed E-state index contributed by atoms with van der Waals surface area (Å²) < 4.78 is 5.40. The quantitative estimate of drug-likeness (QED) is 0.773. The van der Waals surface area contributed by atoms with Crippen LogP contribution in [0.25, 0.3) is 0 Å². The first-order chi connectivity index (χ1) is 12.8. The number of rotatable bonds is 5. The van der Waals surface area contributed by atoms with E-state index in [0.29, 0.717) is 63.1 Å². The Morgan fingerprint density at radius 1 is 1.19 bits per heavy atom. The summed E-state index contributed by atoms with van der Waals surface area (Å²) in [6.07, 6.45) is 2.98. The zero-order chi connectivity index (χ0) is 19.6. The molecule has 0 amide bonds. The van der Waals surface area contributed by atoms with Crippen LogP contribution in [0.3, 0.4) is 0 Å². The molecule has 27 heavy (non-hydrogen) atoms. The Morgan fingerprint density at radius 2 is 1.89 bits per heavy atom. The van der Waals surface area contributed by atoms with E-state index >= 15 is 0 Å². The first kappa shape index (κ1) is 19.3. The Hall–Kier alpha value is -2.42. The molecule has 3 heterocycles. The summed E-state index contributed by atoms with van der Waals surface area (Å²) in [6, 6.07) is 0. The number of hydrogen-bond acceptors (Lipinski definition) is 7. The van der Waals surface area contributed by atoms with Crippen LogP contribution in [0.4, 0.5) is 11.8 Å². The third-order valence-electron chi connectivity index (χ3n) is 5.33. The molecule has 1 aromatic rings. The van der Waals surface area contributed by atoms with E-state index < -0.39 is 23.3 Å². The van der Waals surface area contributed by atoms with Gasteiger partial charge in [-0.2, -0.15) is 4.98 Å². The van der Waals surface area contributed by atoms with Crippen LogP contribution in [0.1, 0.15) is 32.3 Å². The second kappa shape index (κ2) is 7.67. The Labute approximate surface area is 158 Å². The van der Waals surface area contributed by atoms with Gasteiger partial charge in [0, 0.05) is 37.9 Å². The van der Waals surface area contributed by atoms with Gasteiger partial charge in [-0.3, -0.25) is 9.59 Å². The minimum atomic E-state index is -1.14. The highest BCUT2D eigenvalue weighted by molar-refractivity contribution is 5.82. The minimum absolute atomic E-state index is 0.361. The number of hydrogen-bond donors (Lipinski definition) is 2. The first-order valence-corrected chi connectivity index (χ1v) is 9.22. The van der Waals surface area contributed by atoms with Crippen LogP contribution in [0.15, 0.2) is 6.20 Å². The molecule has 2 N–H and O–H groups in total. The van der Waals surface area contributed by atoms with Gasteiger partial charge in [0.25, 0.3) is 0 Å². The average Bonchev–Trinajstić information content (AvgIpc) is 2.68. The van der Waals surface area contributed by atoms with Gasteiger partial charge in [-0.15, -0.1) is 0 Å². The minimum Gasteiger partial charge on any atom is -0.481 e. The smallest absolute Gasteiger partial charge is 0.313 e. The maximum absolute atomic E-state index is 11.8. The fourth-order valence-corrected chi connectivity index (χ4v) is 3.45. The molecule has 2 aliphatic rings. The van der Waals surface area contributed by atoms with Crippen LogP contribution in [0.2, 0.25) is 0 Å². The number of carboxylic acids is 2. The molecular weight excluding hydrogens is 352 g/mol. The third kappa shape index (κ3) is 3.97. The van der Waals surface area contributed by atoms with Gasteiger partial charge in [-0.1, -0.05) is 0 Å². The molecule has 1 aromatic heterocycles. The predicted molar refractivity (Wildman–Crippen MR) is 98.3 cm³/mol. The monoisotopic (exact) mass is 378 g/mol. The van der Waals surface area contributed by atoms with Crippen molar-refractivity contribution in [3.05, 3.63) is 11.8 Å². The van der Waals surface area contributed by atoms with Crippen LogP contribution in [0, 0.1) is 5.92 Å². The summed E-state index contributed by atoms with van der Waals surface area (Å²) in [4.78, 5) is 36.1. The highest BCUT2D eigenvalue weighted by atomic mass is 16.5. The molecule has 9 heteroatoms. The molecule has 0 unspecified atom stereocenters. The van der Waals surface area contributed by atoms with Crippen molar-refractivity contribution < 1.29 is 24.5 Å². The van der Waals surface area contributed by atoms with E-state index in [1.165, 1.54) is 0 Å². The van der Waals surface area contributed by atoms with Crippen molar-refractivity contribution >= 4 is 23.7 Å². The first-order valence-electron chi connectivity index (χ1n) is 9.22. The molecule has 0 saturated carbocycles. The molecule has 2 fully saturated rings. The SMILES string of the molecule is CC(C)(C(=O)O)c1cnc(N2CCC[C@@H](C(=O)O)C2)nc1N1CCOCC1. The van der Waals surface area contributed by atoms with Gasteiger partial charge in [-0.05, 0) is 26.7 Å². The van der Waals surface area contributed by atoms with Crippen molar-refractivity contribution in [1.29, 1.82) is 0 Å². The molecule has 1 atom stereocenters. The van der Waals surface area contributed by atoms with Crippen molar-refractivity contribution in [2.45, 2.75) is 32.1 Å². The molecule has 0 bridgehead atoms. The lowest BCUT2D eigenvalue weighted by molar-refractivity contribution is -0.143. The standard InChI is InChI=1S/C18H26N4O5/c1-18(2,16(25)26)13-10-19-17(20-14(13)21-6-8-27-9-7-21)22-5-3-4-12(11-22)15(23)24/h10,12H,3-9,11H2,1-2H3,(H,23,24)(H,25,26)/t12-/m1/s1. The van der Waals surface area contributed by atoms with Gasteiger partial charge < -0.3 is 24.7 Å². The Balaban J connectivity index is 1.97. The topological polar surface area (TPSA) is 116 Å². The largest absolute Gasteiger partial charge is 0.481 e. The second-order valence-electron chi connectivity index (χ2n) is 7.56. The van der Waals surface area contributed by atoms with Crippen LogP contribution >= 0.6 is 0 Å². The predicted octanol–water partition coefficient (Wildman–Crippen LogP) is 0.976. The molecular formula is C18H26N4O5. The number of piperidine rings is 1. The van der Waals surface area contributed by atoms with Crippen LogP contribution in [0.5, 0.6) is 0 Å². The number of morpholine rings is 1. The maximum Gasteiger partial charge on any atom is 0.313 e. The number of aliphatic carboxylic acids is 2. The van der Waals surface area contributed by atoms with E-state index in [2.05, 4.69) is 4.98 Å². The van der Waals surface area contributed by atoms with Crippen molar-refractivity contribution in [1.82, 2.24) is 9.97 Å². The van der Waals surface area contributed by atoms with Gasteiger partial charge in [0.15, 0.2) is 0 Å². The zero-order valence-corrected chi connectivity index (χ0v) is 15.7. The lowest BCUT2D eigenvalue weighted by atomic mass is 9.85. The van der Waals surface area contributed by atoms with Crippen LogP contribution in [-0.2, 0) is 19.7 Å². The molecule has 148 valence electrons. The molecule has 0 aliphatic carbocycles. The van der Waals surface area contributed by atoms with Crippen molar-refractivity contribution in [2.24, 2.45) is 5.92 Å². The zero-order valence-electron chi connectivity index (χ0n) is 15.7. The number of carbonyl (C=O) groups is 2. The van der Waals surface area contributed by atoms with E-state index in [1.807, 2.05) is 9.80 Å². The Bertz CT molecular complexity index is 718. The molecule has 9 nitrogen and oxygen atoms in total. The van der Waals surface area contributed by atoms with Crippen LogP contribution < -0.4 is 9.80 Å². The van der Waals surface area contributed by atoms with E-state index in [4.69, 9.17) is 9.72 Å². The third-order valence-corrected chi connectivity index (χ3v) is 5.33. The van der Waals surface area contributed by atoms with Gasteiger partial charge >= 0.3 is 11.9 Å². The maximum atomic E-state index is 11.8. The second-order valence-corrected chi connectivity index (χ2v) is 7.56. The average molecular weight is 378 g/mol. The van der Waals surface area contributed by atoms with E-state index in [9.17, 15) is 19.8 Å². The highest BCUT2D eigenvalue weighted by Gasteiger charge is 2.36. The van der Waals surface area contributed by atoms with E-state index in [0.717, 1.165) is 6.42 Å². The van der Waals surface area contributed by atoms with E-state index in [1.54, 1.807) is 20.0 Å². The van der Waals surface area contributed by atoms with Crippen LogP contribution in [-0.4, -0.2) is 71.5 Å². The molecule has 2 aliphatic heterocycles. The number of nitrogens with zero attached hydrogens (tertiary/aromatic N) is 4. The fraction of sp³-hybridized carbons (Fsp3) is 0.667. The van der Waals surface area contributed by atoms with E-state index in [-0.39, 0.29) is 0 Å². The number of carboxylic acid groups (broad SMARTS) is 2. The van der Waals surface area contributed by atoms with Crippen molar-refractivity contribution in [3.63, 3.8) is 0 Å². The summed E-state index contributed by atoms with van der Waals surface area (Å²) in [7, 11) is 0. The number of aromatic nitrogens is 2. The summed E-state index contributed by atoms with van der Waals surface area (Å²) in [6.45, 7) is 6.67. The van der Waals surface area contributed by atoms with Gasteiger partial charge in [0.2, 0.25) is 5.95 Å². The molecule has 0 aromatic carbocycles. The summed E-state index contributed by atoms with van der Waals surface area (Å²) in [5.41, 5.74) is -0.593. The fourth-order valence-electron chi connectivity index (χ4n) is 3.45. The normalized spacial score (nSPS) is 21.2. The highest BCUT2D eigenvalue weighted by Crippen LogP contribution is 2.33. The lowest BCUT2D eigenvalue weighted by Crippen LogP contribution is -2.42. The molecule has 2 saturated heterocycles. The van der Waals surface area contributed by atoms with Gasteiger partial charge in [0.1, 0.15) is 5.82 Å². The molecule has 0 radical (unpaired) electrons.